The molecule has 1 aromatic heterocycles. The first-order chi connectivity index (χ1) is 7.87. The van der Waals surface area contributed by atoms with Crippen molar-refractivity contribution in [3.05, 3.63) is 11.3 Å². The van der Waals surface area contributed by atoms with E-state index >= 15 is 0 Å². The van der Waals surface area contributed by atoms with Crippen molar-refractivity contribution < 1.29 is 14.1 Å². The fourth-order valence-corrected chi connectivity index (χ4v) is 1.74. The van der Waals surface area contributed by atoms with E-state index < -0.39 is 5.60 Å². The highest BCUT2D eigenvalue weighted by molar-refractivity contribution is 5.68. The number of fused-ring (bicyclic) bond motifs is 1. The van der Waals surface area contributed by atoms with Crippen molar-refractivity contribution in [2.75, 3.05) is 12.3 Å². The standard InChI is InChI=1S/C11H17N3O3/c1-11(2,3)16-10(15)14-5-4-7-8(6-14)13-17-9(7)12/h4-6,12H2,1-3H3. The van der Waals surface area contributed by atoms with Gasteiger partial charge >= 0.3 is 6.09 Å². The molecule has 1 aliphatic heterocycles. The molecule has 1 amide bonds. The zero-order valence-electron chi connectivity index (χ0n) is 10.3. The minimum atomic E-state index is -0.486. The third-order valence-corrected chi connectivity index (χ3v) is 2.52. The summed E-state index contributed by atoms with van der Waals surface area (Å²) < 4.78 is 10.2. The lowest BCUT2D eigenvalue weighted by molar-refractivity contribution is 0.0220. The molecule has 0 aromatic carbocycles. The minimum absolute atomic E-state index is 0.329. The third-order valence-electron chi connectivity index (χ3n) is 2.52. The second kappa shape index (κ2) is 3.94. The number of carbonyl (C=O) groups excluding carboxylic acids is 1. The first kappa shape index (κ1) is 11.8. The van der Waals surface area contributed by atoms with E-state index in [0.717, 1.165) is 11.3 Å². The number of rotatable bonds is 0. The molecule has 2 rings (SSSR count). The van der Waals surface area contributed by atoms with Gasteiger partial charge in [-0.1, -0.05) is 5.16 Å². The minimum Gasteiger partial charge on any atom is -0.444 e. The van der Waals surface area contributed by atoms with Crippen LogP contribution >= 0.6 is 0 Å². The molecule has 0 saturated heterocycles. The Hall–Kier alpha value is -1.72. The molecule has 1 aromatic rings. The molecule has 0 aliphatic carbocycles. The highest BCUT2D eigenvalue weighted by Crippen LogP contribution is 2.24. The average Bonchev–Trinajstić information content (AvgIpc) is 2.57. The van der Waals surface area contributed by atoms with Crippen LogP contribution in [0.5, 0.6) is 0 Å². The number of nitrogens with two attached hydrogens (primary N) is 1. The number of ether oxygens (including phenoxy) is 1. The third kappa shape index (κ3) is 2.51. The van der Waals surface area contributed by atoms with Crippen LogP contribution in [0.15, 0.2) is 4.52 Å². The van der Waals surface area contributed by atoms with Gasteiger partial charge in [0.1, 0.15) is 11.3 Å². The van der Waals surface area contributed by atoms with Gasteiger partial charge in [-0.05, 0) is 27.2 Å². The summed E-state index contributed by atoms with van der Waals surface area (Å²) in [5.74, 6) is 0.351. The maximum absolute atomic E-state index is 11.8. The summed E-state index contributed by atoms with van der Waals surface area (Å²) in [5, 5.41) is 3.84. The van der Waals surface area contributed by atoms with E-state index in [1.165, 1.54) is 0 Å². The number of nitrogen functional groups attached to an aromatic ring is 1. The van der Waals surface area contributed by atoms with Crippen LogP contribution in [0.3, 0.4) is 0 Å². The Bertz CT molecular complexity index is 434. The summed E-state index contributed by atoms with van der Waals surface area (Å²) in [6, 6.07) is 0. The molecule has 2 N–H and O–H groups in total. The molecule has 94 valence electrons. The maximum Gasteiger partial charge on any atom is 0.410 e. The molecular weight excluding hydrogens is 222 g/mol. The fourth-order valence-electron chi connectivity index (χ4n) is 1.74. The predicted molar refractivity (Wildman–Crippen MR) is 61.3 cm³/mol. The molecule has 0 unspecified atom stereocenters. The summed E-state index contributed by atoms with van der Waals surface area (Å²) in [7, 11) is 0. The number of hydrogen-bond acceptors (Lipinski definition) is 5. The lowest BCUT2D eigenvalue weighted by Crippen LogP contribution is -2.39. The summed E-state index contributed by atoms with van der Waals surface area (Å²) in [6.07, 6.45) is 0.328. The van der Waals surface area contributed by atoms with Crippen molar-refractivity contribution in [3.8, 4) is 0 Å². The van der Waals surface area contributed by atoms with Gasteiger partial charge < -0.3 is 19.9 Å². The highest BCUT2D eigenvalue weighted by Gasteiger charge is 2.28. The second-order valence-corrected chi connectivity index (χ2v) is 5.12. The van der Waals surface area contributed by atoms with Gasteiger partial charge in [0.25, 0.3) is 0 Å². The van der Waals surface area contributed by atoms with Gasteiger partial charge in [-0.2, -0.15) is 0 Å². The molecule has 6 heteroatoms. The van der Waals surface area contributed by atoms with Crippen molar-refractivity contribution in [2.24, 2.45) is 0 Å². The Labute approximate surface area is 99.7 Å². The van der Waals surface area contributed by atoms with Crippen LogP contribution in [-0.4, -0.2) is 28.3 Å². The molecule has 2 heterocycles. The first-order valence-electron chi connectivity index (χ1n) is 5.57. The van der Waals surface area contributed by atoms with E-state index in [0.29, 0.717) is 25.4 Å². The number of aromatic nitrogens is 1. The Balaban J connectivity index is 2.05. The van der Waals surface area contributed by atoms with Gasteiger partial charge in [-0.25, -0.2) is 4.79 Å². The van der Waals surface area contributed by atoms with Crippen molar-refractivity contribution in [1.82, 2.24) is 10.1 Å². The van der Waals surface area contributed by atoms with Crippen molar-refractivity contribution in [1.29, 1.82) is 0 Å². The summed E-state index contributed by atoms with van der Waals surface area (Å²) >= 11 is 0. The Morgan fingerprint density at radius 2 is 2.24 bits per heavy atom. The van der Waals surface area contributed by atoms with Gasteiger partial charge in [0.05, 0.1) is 6.54 Å². The molecule has 0 radical (unpaired) electrons. The van der Waals surface area contributed by atoms with Crippen LogP contribution < -0.4 is 5.73 Å². The van der Waals surface area contributed by atoms with Gasteiger partial charge in [0.15, 0.2) is 0 Å². The summed E-state index contributed by atoms with van der Waals surface area (Å²) in [5.41, 5.74) is 6.76. The molecular formula is C11H17N3O3. The normalized spacial score (nSPS) is 15.6. The van der Waals surface area contributed by atoms with E-state index in [1.807, 2.05) is 20.8 Å². The van der Waals surface area contributed by atoms with Crippen LogP contribution in [0.25, 0.3) is 0 Å². The molecule has 0 spiro atoms. The lowest BCUT2D eigenvalue weighted by Gasteiger charge is -2.29. The second-order valence-electron chi connectivity index (χ2n) is 5.12. The van der Waals surface area contributed by atoms with E-state index in [9.17, 15) is 4.79 Å². The molecule has 0 fully saturated rings. The summed E-state index contributed by atoms with van der Waals surface area (Å²) in [6.45, 7) is 6.50. The van der Waals surface area contributed by atoms with Crippen molar-refractivity contribution >= 4 is 12.0 Å². The zero-order valence-corrected chi connectivity index (χ0v) is 10.3. The fraction of sp³-hybridized carbons (Fsp3) is 0.636. The molecule has 1 aliphatic rings. The van der Waals surface area contributed by atoms with Crippen LogP contribution in [0.2, 0.25) is 0 Å². The number of anilines is 1. The molecule has 17 heavy (non-hydrogen) atoms. The number of nitrogens with zero attached hydrogens (tertiary/aromatic N) is 2. The molecule has 0 saturated carbocycles. The van der Waals surface area contributed by atoms with Crippen LogP contribution in [0.4, 0.5) is 10.7 Å². The van der Waals surface area contributed by atoms with Crippen LogP contribution in [0.1, 0.15) is 32.0 Å². The molecule has 6 nitrogen and oxygen atoms in total. The van der Waals surface area contributed by atoms with Crippen LogP contribution in [0, 0.1) is 0 Å². The van der Waals surface area contributed by atoms with Gasteiger partial charge in [-0.15, -0.1) is 0 Å². The topological polar surface area (TPSA) is 81.6 Å². The Morgan fingerprint density at radius 1 is 1.53 bits per heavy atom. The van der Waals surface area contributed by atoms with Gasteiger partial charge in [0.2, 0.25) is 5.88 Å². The number of carbonyl (C=O) groups is 1. The predicted octanol–water partition coefficient (Wildman–Crippen LogP) is 1.55. The average molecular weight is 239 g/mol. The van der Waals surface area contributed by atoms with E-state index in [-0.39, 0.29) is 6.09 Å². The number of amides is 1. The van der Waals surface area contributed by atoms with Crippen molar-refractivity contribution in [3.63, 3.8) is 0 Å². The summed E-state index contributed by atoms with van der Waals surface area (Å²) in [4.78, 5) is 13.5. The number of hydrogen-bond donors (Lipinski definition) is 1. The van der Waals surface area contributed by atoms with E-state index in [4.69, 9.17) is 15.0 Å². The maximum atomic E-state index is 11.8. The van der Waals surface area contributed by atoms with E-state index in [2.05, 4.69) is 5.16 Å². The monoisotopic (exact) mass is 239 g/mol. The van der Waals surface area contributed by atoms with Crippen molar-refractivity contribution in [2.45, 2.75) is 39.3 Å². The SMILES string of the molecule is CC(C)(C)OC(=O)N1CCc2c(noc2N)C1. The zero-order chi connectivity index (χ0) is 12.6. The Morgan fingerprint density at radius 3 is 2.88 bits per heavy atom. The van der Waals surface area contributed by atoms with Gasteiger partial charge in [-0.3, -0.25) is 0 Å². The van der Waals surface area contributed by atoms with Crippen LogP contribution in [-0.2, 0) is 17.7 Å². The molecule has 0 atom stereocenters. The Kier molecular flexibility index (Phi) is 2.73. The first-order valence-corrected chi connectivity index (χ1v) is 5.57. The largest absolute Gasteiger partial charge is 0.444 e. The highest BCUT2D eigenvalue weighted by atomic mass is 16.6. The smallest absolute Gasteiger partial charge is 0.410 e. The lowest BCUT2D eigenvalue weighted by atomic mass is 10.1. The molecule has 0 bridgehead atoms. The van der Waals surface area contributed by atoms with E-state index in [1.54, 1.807) is 4.90 Å². The quantitative estimate of drug-likeness (QED) is 0.742. The van der Waals surface area contributed by atoms with Gasteiger partial charge in [0, 0.05) is 12.1 Å².